The Morgan fingerprint density at radius 3 is 2.66 bits per heavy atom. The van der Waals surface area contributed by atoms with Crippen LogP contribution in [0.25, 0.3) is 0 Å². The first kappa shape index (κ1) is 21.6. The lowest BCUT2D eigenvalue weighted by molar-refractivity contribution is -0.116. The summed E-state index contributed by atoms with van der Waals surface area (Å²) >= 11 is 5.83. The first-order chi connectivity index (χ1) is 13.9. The van der Waals surface area contributed by atoms with E-state index in [-0.39, 0.29) is 29.9 Å². The molecule has 1 amide bonds. The fourth-order valence-electron chi connectivity index (χ4n) is 3.15. The summed E-state index contributed by atoms with van der Waals surface area (Å²) in [6, 6.07) is 13.5. The third-order valence-corrected chi connectivity index (χ3v) is 6.44. The highest BCUT2D eigenvalue weighted by atomic mass is 35.5. The van der Waals surface area contributed by atoms with E-state index in [0.717, 1.165) is 25.2 Å². The second kappa shape index (κ2) is 9.58. The highest BCUT2D eigenvalue weighted by molar-refractivity contribution is 7.89. The molecule has 1 aliphatic heterocycles. The van der Waals surface area contributed by atoms with Gasteiger partial charge in [-0.25, -0.2) is 13.1 Å². The van der Waals surface area contributed by atoms with Gasteiger partial charge in [0.25, 0.3) is 0 Å². The van der Waals surface area contributed by atoms with E-state index in [1.54, 1.807) is 19.2 Å². The van der Waals surface area contributed by atoms with Crippen LogP contribution in [-0.2, 0) is 19.6 Å². The predicted octanol–water partition coefficient (Wildman–Crippen LogP) is 2.87. The Labute approximate surface area is 176 Å². The monoisotopic (exact) mass is 437 g/mol. The molecule has 0 spiro atoms. The van der Waals surface area contributed by atoms with Gasteiger partial charge in [-0.05, 0) is 48.9 Å². The van der Waals surface area contributed by atoms with Gasteiger partial charge in [-0.15, -0.1) is 0 Å². The van der Waals surface area contributed by atoms with E-state index < -0.39 is 10.0 Å². The molecule has 2 aromatic carbocycles. The highest BCUT2D eigenvalue weighted by Crippen LogP contribution is 2.23. The van der Waals surface area contributed by atoms with E-state index in [1.165, 1.54) is 12.1 Å². The second-order valence-electron chi connectivity index (χ2n) is 6.79. The molecule has 1 heterocycles. The molecule has 1 atom stereocenters. The van der Waals surface area contributed by atoms with Crippen LogP contribution >= 0.6 is 11.6 Å². The van der Waals surface area contributed by atoms with Crippen LogP contribution in [0.3, 0.4) is 0 Å². The van der Waals surface area contributed by atoms with Crippen LogP contribution in [0.4, 0.5) is 11.4 Å². The van der Waals surface area contributed by atoms with E-state index in [1.807, 2.05) is 24.3 Å². The van der Waals surface area contributed by atoms with Gasteiger partial charge in [0.05, 0.1) is 11.0 Å². The van der Waals surface area contributed by atoms with E-state index in [0.29, 0.717) is 10.7 Å². The molecule has 2 N–H and O–H groups in total. The normalized spacial score (nSPS) is 16.8. The summed E-state index contributed by atoms with van der Waals surface area (Å²) in [6.07, 6.45) is 1.27. The number of sulfonamides is 1. The quantitative estimate of drug-likeness (QED) is 0.663. The van der Waals surface area contributed by atoms with Crippen molar-refractivity contribution in [1.29, 1.82) is 0 Å². The minimum atomic E-state index is -3.70. The smallest absolute Gasteiger partial charge is 0.240 e. The lowest BCUT2D eigenvalue weighted by atomic mass is 10.2. The molecule has 0 aromatic heterocycles. The maximum absolute atomic E-state index is 12.2. The first-order valence-electron chi connectivity index (χ1n) is 9.30. The van der Waals surface area contributed by atoms with Crippen molar-refractivity contribution >= 4 is 38.9 Å². The van der Waals surface area contributed by atoms with Crippen molar-refractivity contribution in [3.63, 3.8) is 0 Å². The van der Waals surface area contributed by atoms with Gasteiger partial charge in [0.15, 0.2) is 0 Å². The number of carbonyl (C=O) groups excluding carboxylic acids is 1. The Bertz CT molecular complexity index is 950. The molecule has 0 aliphatic carbocycles. The summed E-state index contributed by atoms with van der Waals surface area (Å²) in [5.74, 6) is -0.271. The summed E-state index contributed by atoms with van der Waals surface area (Å²) in [5, 5.41) is 3.11. The second-order valence-corrected chi connectivity index (χ2v) is 9.00. The molecule has 1 aliphatic rings. The molecule has 1 fully saturated rings. The molecule has 29 heavy (non-hydrogen) atoms. The average Bonchev–Trinajstić information content (AvgIpc) is 3.18. The highest BCUT2D eigenvalue weighted by Gasteiger charge is 2.22. The lowest BCUT2D eigenvalue weighted by Gasteiger charge is -2.18. The van der Waals surface area contributed by atoms with Crippen LogP contribution in [0.15, 0.2) is 53.4 Å². The Kier molecular flexibility index (Phi) is 7.13. The molecule has 2 aromatic rings. The van der Waals surface area contributed by atoms with Gasteiger partial charge in [0.2, 0.25) is 15.9 Å². The van der Waals surface area contributed by atoms with Crippen molar-refractivity contribution in [2.75, 3.05) is 37.0 Å². The minimum absolute atomic E-state index is 0.00898. The Balaban J connectivity index is 1.47. The van der Waals surface area contributed by atoms with Gasteiger partial charge < -0.3 is 15.0 Å². The Morgan fingerprint density at radius 1 is 1.24 bits per heavy atom. The topological polar surface area (TPSA) is 87.7 Å². The van der Waals surface area contributed by atoms with Gasteiger partial charge in [-0.3, -0.25) is 4.79 Å². The van der Waals surface area contributed by atoms with Crippen LogP contribution in [0, 0.1) is 0 Å². The van der Waals surface area contributed by atoms with Crippen molar-refractivity contribution in [2.24, 2.45) is 0 Å². The fourth-order valence-corrected chi connectivity index (χ4v) is 4.48. The Morgan fingerprint density at radius 2 is 2.00 bits per heavy atom. The third-order valence-electron chi connectivity index (χ3n) is 4.75. The summed E-state index contributed by atoms with van der Waals surface area (Å²) in [4.78, 5) is 14.4. The molecule has 156 valence electrons. The molecule has 0 radical (unpaired) electrons. The maximum Gasteiger partial charge on any atom is 0.240 e. The predicted molar refractivity (Wildman–Crippen MR) is 114 cm³/mol. The number of hydrogen-bond acceptors (Lipinski definition) is 5. The zero-order valence-electron chi connectivity index (χ0n) is 16.1. The van der Waals surface area contributed by atoms with Crippen LogP contribution in [0.1, 0.15) is 12.8 Å². The van der Waals surface area contributed by atoms with Gasteiger partial charge in [-0.2, -0.15) is 0 Å². The van der Waals surface area contributed by atoms with Crippen LogP contribution in [-0.4, -0.2) is 47.2 Å². The SMILES string of the molecule is COC1CCN(c2ccc(NC(=O)CCNS(=O)(=O)c3cccc(Cl)c3)cc2)C1. The lowest BCUT2D eigenvalue weighted by Crippen LogP contribution is -2.27. The molecule has 9 heteroatoms. The number of nitrogens with zero attached hydrogens (tertiary/aromatic N) is 1. The zero-order valence-corrected chi connectivity index (χ0v) is 17.7. The van der Waals surface area contributed by atoms with Crippen LogP contribution in [0.2, 0.25) is 5.02 Å². The maximum atomic E-state index is 12.2. The fraction of sp³-hybridized carbons (Fsp3) is 0.350. The molecular weight excluding hydrogens is 414 g/mol. The number of benzene rings is 2. The van der Waals surface area contributed by atoms with Gasteiger partial charge >= 0.3 is 0 Å². The van der Waals surface area contributed by atoms with Crippen molar-refractivity contribution in [3.8, 4) is 0 Å². The largest absolute Gasteiger partial charge is 0.380 e. The van der Waals surface area contributed by atoms with Crippen LogP contribution in [0.5, 0.6) is 0 Å². The number of anilines is 2. The van der Waals surface area contributed by atoms with Gasteiger partial charge in [0, 0.05) is 49.6 Å². The van der Waals surface area contributed by atoms with Gasteiger partial charge in [0.1, 0.15) is 0 Å². The van der Waals surface area contributed by atoms with Crippen molar-refractivity contribution in [3.05, 3.63) is 53.6 Å². The first-order valence-corrected chi connectivity index (χ1v) is 11.2. The van der Waals surface area contributed by atoms with Crippen LogP contribution < -0.4 is 14.9 Å². The zero-order chi connectivity index (χ0) is 20.9. The molecule has 1 saturated heterocycles. The molecule has 0 saturated carbocycles. The summed E-state index contributed by atoms with van der Waals surface area (Å²) in [6.45, 7) is 1.79. The third kappa shape index (κ3) is 5.93. The summed E-state index contributed by atoms with van der Waals surface area (Å²) < 4.78 is 32.2. The number of halogens is 1. The molecule has 3 rings (SSSR count). The Hall–Kier alpha value is -2.13. The molecular formula is C20H24ClN3O4S. The van der Waals surface area contributed by atoms with Gasteiger partial charge in [-0.1, -0.05) is 17.7 Å². The van der Waals surface area contributed by atoms with Crippen molar-refractivity contribution in [1.82, 2.24) is 4.72 Å². The number of rotatable bonds is 8. The number of carbonyl (C=O) groups is 1. The number of nitrogens with one attached hydrogen (secondary N) is 2. The summed E-state index contributed by atoms with van der Waals surface area (Å²) in [7, 11) is -1.98. The summed E-state index contributed by atoms with van der Waals surface area (Å²) in [5.41, 5.74) is 1.75. The average molecular weight is 438 g/mol. The van der Waals surface area contributed by atoms with Crippen molar-refractivity contribution < 1.29 is 17.9 Å². The van der Waals surface area contributed by atoms with E-state index in [4.69, 9.17) is 16.3 Å². The minimum Gasteiger partial charge on any atom is -0.380 e. The molecule has 1 unspecified atom stereocenters. The number of ether oxygens (including phenoxy) is 1. The van der Waals surface area contributed by atoms with E-state index in [2.05, 4.69) is 14.9 Å². The van der Waals surface area contributed by atoms with E-state index >= 15 is 0 Å². The molecule has 7 nitrogen and oxygen atoms in total. The standard InChI is InChI=1S/C20H24ClN3O4S/c1-28-18-10-12-24(14-18)17-7-5-16(6-8-17)23-20(25)9-11-22-29(26,27)19-4-2-3-15(21)13-19/h2-8,13,18,22H,9-12,14H2,1H3,(H,23,25). The number of hydrogen-bond donors (Lipinski definition) is 2. The number of amides is 1. The molecule has 0 bridgehead atoms. The van der Waals surface area contributed by atoms with E-state index in [9.17, 15) is 13.2 Å². The number of methoxy groups -OCH3 is 1. The van der Waals surface area contributed by atoms with Crippen molar-refractivity contribution in [2.45, 2.75) is 23.8 Å².